The fraction of sp³-hybridized carbons (Fsp3) is 0.133. The minimum absolute atomic E-state index is 0.130. The summed E-state index contributed by atoms with van der Waals surface area (Å²) in [7, 11) is 0. The maximum atomic E-state index is 12.3. The molecular weight excluding hydrogens is 294 g/mol. The van der Waals surface area contributed by atoms with Crippen LogP contribution in [-0.2, 0) is 0 Å². The second kappa shape index (κ2) is 5.54. The minimum Gasteiger partial charge on any atom is -0.508 e. The van der Waals surface area contributed by atoms with Gasteiger partial charge in [-0.15, -0.1) is 0 Å². The molecule has 108 valence electrons. The number of amides is 1. The van der Waals surface area contributed by atoms with E-state index >= 15 is 0 Å². The lowest BCUT2D eigenvalue weighted by molar-refractivity contribution is 0.102. The number of ether oxygens (including phenoxy) is 2. The largest absolute Gasteiger partial charge is 0.508 e. The van der Waals surface area contributed by atoms with Crippen molar-refractivity contribution in [1.29, 1.82) is 0 Å². The summed E-state index contributed by atoms with van der Waals surface area (Å²) in [6.07, 6.45) is 0. The van der Waals surface area contributed by atoms with E-state index in [4.69, 9.17) is 21.1 Å². The van der Waals surface area contributed by atoms with Crippen LogP contribution < -0.4 is 14.8 Å². The predicted molar refractivity (Wildman–Crippen MR) is 78.5 cm³/mol. The van der Waals surface area contributed by atoms with Crippen molar-refractivity contribution in [2.24, 2.45) is 0 Å². The van der Waals surface area contributed by atoms with E-state index in [1.165, 1.54) is 12.1 Å². The Morgan fingerprint density at radius 2 is 1.71 bits per heavy atom. The summed E-state index contributed by atoms with van der Waals surface area (Å²) >= 11 is 6.11. The average molecular weight is 306 g/mol. The molecule has 3 rings (SSSR count). The smallest absolute Gasteiger partial charge is 0.257 e. The molecule has 5 nitrogen and oxygen atoms in total. The predicted octanol–water partition coefficient (Wildman–Crippen LogP) is 3.07. The molecule has 0 saturated heterocycles. The molecule has 0 fully saturated rings. The van der Waals surface area contributed by atoms with Crippen LogP contribution in [-0.4, -0.2) is 24.2 Å². The summed E-state index contributed by atoms with van der Waals surface area (Å²) in [5.41, 5.74) is 0.859. The summed E-state index contributed by atoms with van der Waals surface area (Å²) < 4.78 is 10.8. The van der Waals surface area contributed by atoms with E-state index in [1.54, 1.807) is 24.3 Å². The van der Waals surface area contributed by atoms with Crippen LogP contribution in [0.15, 0.2) is 36.4 Å². The first-order valence-electron chi connectivity index (χ1n) is 6.33. The first-order valence-corrected chi connectivity index (χ1v) is 6.71. The molecule has 0 aromatic heterocycles. The van der Waals surface area contributed by atoms with Crippen molar-refractivity contribution < 1.29 is 19.4 Å². The van der Waals surface area contributed by atoms with E-state index < -0.39 is 0 Å². The van der Waals surface area contributed by atoms with Crippen molar-refractivity contribution in [3.63, 3.8) is 0 Å². The van der Waals surface area contributed by atoms with Gasteiger partial charge < -0.3 is 19.9 Å². The van der Waals surface area contributed by atoms with Crippen molar-refractivity contribution in [1.82, 2.24) is 0 Å². The van der Waals surface area contributed by atoms with Gasteiger partial charge >= 0.3 is 0 Å². The highest BCUT2D eigenvalue weighted by Crippen LogP contribution is 2.35. The van der Waals surface area contributed by atoms with Crippen LogP contribution in [0.4, 0.5) is 5.69 Å². The van der Waals surface area contributed by atoms with Crippen molar-refractivity contribution >= 4 is 23.2 Å². The molecule has 0 saturated carbocycles. The van der Waals surface area contributed by atoms with Crippen LogP contribution in [0, 0.1) is 0 Å². The standard InChI is InChI=1S/C15H12ClNO4/c16-12-8-14-13(20-5-6-21-14)7-11(12)15(19)17-9-1-3-10(18)4-2-9/h1-4,7-8,18H,5-6H2,(H,17,19). The highest BCUT2D eigenvalue weighted by molar-refractivity contribution is 6.34. The Morgan fingerprint density at radius 1 is 1.10 bits per heavy atom. The second-order valence-corrected chi connectivity index (χ2v) is 4.88. The third-order valence-corrected chi connectivity index (χ3v) is 3.31. The minimum atomic E-state index is -0.359. The Labute approximate surface area is 126 Å². The third kappa shape index (κ3) is 2.87. The monoisotopic (exact) mass is 305 g/mol. The normalized spacial score (nSPS) is 12.8. The van der Waals surface area contributed by atoms with E-state index in [2.05, 4.69) is 5.32 Å². The molecule has 6 heteroatoms. The lowest BCUT2D eigenvalue weighted by Gasteiger charge is -2.19. The summed E-state index contributed by atoms with van der Waals surface area (Å²) in [4.78, 5) is 12.3. The number of aromatic hydroxyl groups is 1. The Morgan fingerprint density at radius 3 is 2.38 bits per heavy atom. The first kappa shape index (κ1) is 13.6. The third-order valence-electron chi connectivity index (χ3n) is 3.00. The molecule has 2 aromatic carbocycles. The maximum Gasteiger partial charge on any atom is 0.257 e. The quantitative estimate of drug-likeness (QED) is 0.837. The molecule has 0 spiro atoms. The van der Waals surface area contributed by atoms with Crippen LogP contribution in [0.2, 0.25) is 5.02 Å². The number of hydrogen-bond donors (Lipinski definition) is 2. The summed E-state index contributed by atoms with van der Waals surface area (Å²) in [5.74, 6) is 0.807. The number of fused-ring (bicyclic) bond motifs is 1. The molecule has 1 heterocycles. The molecule has 0 bridgehead atoms. The highest BCUT2D eigenvalue weighted by atomic mass is 35.5. The number of nitrogens with one attached hydrogen (secondary N) is 1. The van der Waals surface area contributed by atoms with Crippen molar-refractivity contribution in [3.8, 4) is 17.2 Å². The van der Waals surface area contributed by atoms with Crippen LogP contribution in [0.1, 0.15) is 10.4 Å². The zero-order chi connectivity index (χ0) is 14.8. The van der Waals surface area contributed by atoms with Gasteiger partial charge in [0.25, 0.3) is 5.91 Å². The Balaban J connectivity index is 1.85. The number of rotatable bonds is 2. The molecule has 0 aliphatic carbocycles. The van der Waals surface area contributed by atoms with Crippen molar-refractivity contribution in [2.45, 2.75) is 0 Å². The van der Waals surface area contributed by atoms with E-state index in [-0.39, 0.29) is 16.7 Å². The number of carbonyl (C=O) groups excluding carboxylic acids is 1. The van der Waals surface area contributed by atoms with Gasteiger partial charge in [-0.3, -0.25) is 4.79 Å². The van der Waals surface area contributed by atoms with E-state index in [0.717, 1.165) is 0 Å². The summed E-state index contributed by atoms with van der Waals surface area (Å²) in [6, 6.07) is 9.30. The fourth-order valence-corrected chi connectivity index (χ4v) is 2.22. The molecule has 1 amide bonds. The highest BCUT2D eigenvalue weighted by Gasteiger charge is 2.19. The molecule has 1 aliphatic heterocycles. The second-order valence-electron chi connectivity index (χ2n) is 4.48. The van der Waals surface area contributed by atoms with E-state index in [9.17, 15) is 9.90 Å². The molecular formula is C15H12ClNO4. The number of hydrogen-bond acceptors (Lipinski definition) is 4. The fourth-order valence-electron chi connectivity index (χ4n) is 1.98. The van der Waals surface area contributed by atoms with Gasteiger partial charge in [-0.05, 0) is 30.3 Å². The zero-order valence-corrected chi connectivity index (χ0v) is 11.7. The van der Waals surface area contributed by atoms with Gasteiger partial charge in [-0.25, -0.2) is 0 Å². The van der Waals surface area contributed by atoms with E-state index in [0.29, 0.717) is 36.0 Å². The summed E-state index contributed by atoms with van der Waals surface area (Å²) in [5, 5.41) is 12.2. The summed E-state index contributed by atoms with van der Waals surface area (Å²) in [6.45, 7) is 0.899. The zero-order valence-electron chi connectivity index (χ0n) is 10.9. The van der Waals surface area contributed by atoms with Crippen molar-refractivity contribution in [3.05, 3.63) is 47.0 Å². The molecule has 0 atom stereocenters. The Hall–Kier alpha value is -2.40. The van der Waals surface area contributed by atoms with Crippen molar-refractivity contribution in [2.75, 3.05) is 18.5 Å². The number of anilines is 1. The number of phenols is 1. The molecule has 0 radical (unpaired) electrons. The van der Waals surface area contributed by atoms with Gasteiger partial charge in [-0.2, -0.15) is 0 Å². The maximum absolute atomic E-state index is 12.3. The molecule has 21 heavy (non-hydrogen) atoms. The van der Waals surface area contributed by atoms with Crippen LogP contribution in [0.3, 0.4) is 0 Å². The van der Waals surface area contributed by atoms with Gasteiger partial charge in [0.05, 0.1) is 10.6 Å². The van der Waals surface area contributed by atoms with Crippen LogP contribution in [0.25, 0.3) is 0 Å². The Kier molecular flexibility index (Phi) is 3.58. The molecule has 2 aromatic rings. The van der Waals surface area contributed by atoms with Gasteiger partial charge in [0, 0.05) is 11.8 Å². The van der Waals surface area contributed by atoms with Crippen LogP contribution >= 0.6 is 11.6 Å². The van der Waals surface area contributed by atoms with Gasteiger partial charge in [0.1, 0.15) is 19.0 Å². The number of carbonyl (C=O) groups is 1. The molecule has 0 unspecified atom stereocenters. The van der Waals surface area contributed by atoms with Gasteiger partial charge in [-0.1, -0.05) is 11.6 Å². The van der Waals surface area contributed by atoms with Gasteiger partial charge in [0.15, 0.2) is 11.5 Å². The first-order chi connectivity index (χ1) is 10.1. The number of halogens is 1. The molecule has 2 N–H and O–H groups in total. The molecule has 1 aliphatic rings. The topological polar surface area (TPSA) is 67.8 Å². The average Bonchev–Trinajstić information content (AvgIpc) is 2.49. The van der Waals surface area contributed by atoms with E-state index in [1.807, 2.05) is 0 Å². The lowest BCUT2D eigenvalue weighted by atomic mass is 10.1. The number of phenolic OH excluding ortho intramolecular Hbond substituents is 1. The van der Waals surface area contributed by atoms with Gasteiger partial charge in [0.2, 0.25) is 0 Å². The number of benzene rings is 2. The SMILES string of the molecule is O=C(Nc1ccc(O)cc1)c1cc2c(cc1Cl)OCCO2. The lowest BCUT2D eigenvalue weighted by Crippen LogP contribution is -2.17. The Bertz CT molecular complexity index is 685. The van der Waals surface area contributed by atoms with Crippen LogP contribution in [0.5, 0.6) is 17.2 Å².